The number of carbonyl (C=O) groups excluding carboxylic acids is 2. The first-order valence-corrected chi connectivity index (χ1v) is 8.96. The molecule has 8 nitrogen and oxygen atoms in total. The van der Waals surface area contributed by atoms with E-state index in [0.29, 0.717) is 36.0 Å². The normalized spacial score (nSPS) is 15.0. The van der Waals surface area contributed by atoms with Crippen molar-refractivity contribution in [2.24, 2.45) is 0 Å². The van der Waals surface area contributed by atoms with Crippen molar-refractivity contribution in [1.29, 1.82) is 5.26 Å². The number of ether oxygens (including phenoxy) is 2. The molecule has 0 aliphatic carbocycles. The Balaban J connectivity index is 1.52. The van der Waals surface area contributed by atoms with Gasteiger partial charge >= 0.3 is 0 Å². The van der Waals surface area contributed by atoms with Gasteiger partial charge in [0.05, 0.1) is 6.54 Å². The summed E-state index contributed by atoms with van der Waals surface area (Å²) >= 11 is 0. The molecule has 3 rings (SSSR count). The summed E-state index contributed by atoms with van der Waals surface area (Å²) in [6.07, 6.45) is 1.11. The van der Waals surface area contributed by atoms with Gasteiger partial charge in [0, 0.05) is 24.5 Å². The van der Waals surface area contributed by atoms with Crippen LogP contribution in [0.1, 0.15) is 6.92 Å². The van der Waals surface area contributed by atoms with Crippen molar-refractivity contribution >= 4 is 23.2 Å². The van der Waals surface area contributed by atoms with Gasteiger partial charge < -0.3 is 25.4 Å². The Bertz CT molecular complexity index is 963. The van der Waals surface area contributed by atoms with Crippen LogP contribution in [0.2, 0.25) is 0 Å². The van der Waals surface area contributed by atoms with Crippen LogP contribution >= 0.6 is 0 Å². The zero-order chi connectivity index (χ0) is 20.6. The van der Waals surface area contributed by atoms with E-state index in [1.807, 2.05) is 30.3 Å². The molecule has 1 aliphatic heterocycles. The number of nitrogens with zero attached hydrogens (tertiary/aromatic N) is 1. The van der Waals surface area contributed by atoms with Gasteiger partial charge in [-0.05, 0) is 36.4 Å². The highest BCUT2D eigenvalue weighted by Gasteiger charge is 2.20. The predicted octanol–water partition coefficient (Wildman–Crippen LogP) is 2.42. The minimum absolute atomic E-state index is 0.0759. The van der Waals surface area contributed by atoms with Gasteiger partial charge in [0.25, 0.3) is 5.91 Å². The Labute approximate surface area is 168 Å². The number of nitrogens with one attached hydrogen (secondary N) is 3. The minimum atomic E-state index is -0.543. The Morgan fingerprint density at radius 2 is 1.76 bits per heavy atom. The highest BCUT2D eigenvalue weighted by atomic mass is 16.6. The number of para-hydroxylation sites is 2. The number of carbonyl (C=O) groups is 2. The zero-order valence-electron chi connectivity index (χ0n) is 15.8. The molecule has 148 valence electrons. The van der Waals surface area contributed by atoms with Crippen molar-refractivity contribution in [3.8, 4) is 17.6 Å². The van der Waals surface area contributed by atoms with Crippen molar-refractivity contribution < 1.29 is 19.1 Å². The Morgan fingerprint density at radius 3 is 2.41 bits per heavy atom. The molecule has 1 unspecified atom stereocenters. The quantitative estimate of drug-likeness (QED) is 0.514. The smallest absolute Gasteiger partial charge is 0.267 e. The molecule has 1 heterocycles. The number of anilines is 2. The highest BCUT2D eigenvalue weighted by Crippen LogP contribution is 2.30. The molecule has 3 N–H and O–H groups in total. The van der Waals surface area contributed by atoms with Gasteiger partial charge in [-0.3, -0.25) is 9.59 Å². The Morgan fingerprint density at radius 1 is 1.10 bits per heavy atom. The molecule has 2 aromatic carbocycles. The van der Waals surface area contributed by atoms with Gasteiger partial charge in [-0.2, -0.15) is 5.26 Å². The summed E-state index contributed by atoms with van der Waals surface area (Å²) in [5, 5.41) is 17.5. The molecule has 0 saturated heterocycles. The summed E-state index contributed by atoms with van der Waals surface area (Å²) in [4.78, 5) is 23.3. The zero-order valence-corrected chi connectivity index (χ0v) is 15.8. The van der Waals surface area contributed by atoms with E-state index in [4.69, 9.17) is 9.47 Å². The van der Waals surface area contributed by atoms with E-state index in [0.717, 1.165) is 0 Å². The number of benzene rings is 2. The van der Waals surface area contributed by atoms with Crippen molar-refractivity contribution in [3.63, 3.8) is 0 Å². The van der Waals surface area contributed by atoms with E-state index in [1.165, 1.54) is 13.1 Å². The van der Waals surface area contributed by atoms with Gasteiger partial charge in [-0.25, -0.2) is 0 Å². The second-order valence-corrected chi connectivity index (χ2v) is 6.29. The van der Waals surface area contributed by atoms with E-state index >= 15 is 0 Å². The van der Waals surface area contributed by atoms with Crippen LogP contribution in [0.15, 0.2) is 60.3 Å². The fourth-order valence-electron chi connectivity index (χ4n) is 2.64. The van der Waals surface area contributed by atoms with Gasteiger partial charge in [0.15, 0.2) is 11.5 Å². The fraction of sp³-hybridized carbons (Fsp3) is 0.190. The average Bonchev–Trinajstić information content (AvgIpc) is 2.72. The number of nitriles is 1. The molecule has 0 spiro atoms. The number of amides is 2. The van der Waals surface area contributed by atoms with Gasteiger partial charge in [-0.1, -0.05) is 12.1 Å². The fourth-order valence-corrected chi connectivity index (χ4v) is 2.64. The second-order valence-electron chi connectivity index (χ2n) is 6.29. The highest BCUT2D eigenvalue weighted by molar-refractivity contribution is 6.06. The number of fused-ring (bicyclic) bond motifs is 1. The van der Waals surface area contributed by atoms with Crippen LogP contribution in [0, 0.1) is 11.3 Å². The molecule has 2 amide bonds. The number of hydrogen-bond acceptors (Lipinski definition) is 6. The van der Waals surface area contributed by atoms with E-state index in [-0.39, 0.29) is 17.6 Å². The molecule has 1 atom stereocenters. The maximum atomic E-state index is 12.3. The molecule has 2 aromatic rings. The molecule has 0 saturated carbocycles. The maximum absolute atomic E-state index is 12.3. The van der Waals surface area contributed by atoms with Crippen LogP contribution in [-0.2, 0) is 9.59 Å². The van der Waals surface area contributed by atoms with Gasteiger partial charge in [0.2, 0.25) is 5.91 Å². The lowest BCUT2D eigenvalue weighted by Gasteiger charge is -2.26. The van der Waals surface area contributed by atoms with E-state index < -0.39 is 5.91 Å². The third kappa shape index (κ3) is 5.49. The Kier molecular flexibility index (Phi) is 6.32. The van der Waals surface area contributed by atoms with E-state index in [1.54, 1.807) is 24.3 Å². The first kappa shape index (κ1) is 19.8. The molecular weight excluding hydrogens is 372 g/mol. The number of rotatable bonds is 6. The molecular formula is C21H20N4O4. The van der Waals surface area contributed by atoms with Gasteiger partial charge in [-0.15, -0.1) is 0 Å². The first-order chi connectivity index (χ1) is 14.0. The first-order valence-electron chi connectivity index (χ1n) is 8.96. The van der Waals surface area contributed by atoms with Crippen LogP contribution in [0.5, 0.6) is 11.5 Å². The van der Waals surface area contributed by atoms with E-state index in [2.05, 4.69) is 16.0 Å². The summed E-state index contributed by atoms with van der Waals surface area (Å²) < 4.78 is 11.4. The van der Waals surface area contributed by atoms with Crippen LogP contribution in [0.3, 0.4) is 0 Å². The third-order valence-corrected chi connectivity index (χ3v) is 3.99. The van der Waals surface area contributed by atoms with Crippen molar-refractivity contribution in [3.05, 3.63) is 60.3 Å². The molecule has 0 radical (unpaired) electrons. The number of hydrogen-bond donors (Lipinski definition) is 3. The maximum Gasteiger partial charge on any atom is 0.267 e. The van der Waals surface area contributed by atoms with E-state index in [9.17, 15) is 14.9 Å². The monoisotopic (exact) mass is 392 g/mol. The summed E-state index contributed by atoms with van der Waals surface area (Å²) in [5.41, 5.74) is 1.04. The second kappa shape index (κ2) is 9.28. The third-order valence-electron chi connectivity index (χ3n) is 3.99. The molecule has 1 aliphatic rings. The standard InChI is InChI=1S/C21H20N4O4/c1-14(26)24-16-6-8-17(9-7-16)25-21(27)15(10-22)11-23-12-18-13-28-19-4-2-3-5-20(19)29-18/h2-9,11,18,23H,12-13H2,1H3,(H,24,26)(H,25,27)/b15-11-. The lowest BCUT2D eigenvalue weighted by molar-refractivity contribution is -0.114. The Hall–Kier alpha value is -3.99. The predicted molar refractivity (Wildman–Crippen MR) is 107 cm³/mol. The van der Waals surface area contributed by atoms with Gasteiger partial charge in [0.1, 0.15) is 24.4 Å². The van der Waals surface area contributed by atoms with Crippen molar-refractivity contribution in [2.75, 3.05) is 23.8 Å². The van der Waals surface area contributed by atoms with Crippen molar-refractivity contribution in [1.82, 2.24) is 5.32 Å². The molecule has 8 heteroatoms. The lowest BCUT2D eigenvalue weighted by atomic mass is 10.2. The van der Waals surface area contributed by atoms with Crippen LogP contribution in [0.4, 0.5) is 11.4 Å². The van der Waals surface area contributed by atoms with Crippen LogP contribution in [0.25, 0.3) is 0 Å². The summed E-state index contributed by atoms with van der Waals surface area (Å²) in [5.74, 6) is 0.633. The molecule has 0 bridgehead atoms. The lowest BCUT2D eigenvalue weighted by Crippen LogP contribution is -2.37. The summed E-state index contributed by atoms with van der Waals surface area (Å²) in [6, 6.07) is 15.8. The SMILES string of the molecule is CC(=O)Nc1ccc(NC(=O)/C(C#N)=C\NCC2COc3ccccc3O2)cc1. The largest absolute Gasteiger partial charge is 0.486 e. The van der Waals surface area contributed by atoms with Crippen LogP contribution < -0.4 is 25.4 Å². The minimum Gasteiger partial charge on any atom is -0.486 e. The van der Waals surface area contributed by atoms with Crippen molar-refractivity contribution in [2.45, 2.75) is 13.0 Å². The molecule has 0 aromatic heterocycles. The van der Waals surface area contributed by atoms with Crippen LogP contribution in [-0.4, -0.2) is 31.1 Å². The molecule has 29 heavy (non-hydrogen) atoms. The summed E-state index contributed by atoms with van der Waals surface area (Å²) in [7, 11) is 0. The topological polar surface area (TPSA) is 112 Å². The average molecular weight is 392 g/mol. The molecule has 0 fully saturated rings. The summed E-state index contributed by atoms with van der Waals surface area (Å²) in [6.45, 7) is 2.15.